The van der Waals surface area contributed by atoms with Gasteiger partial charge in [-0.05, 0) is 29.7 Å². The number of carbonyl (C=O) groups is 1. The Morgan fingerprint density at radius 2 is 2.05 bits per heavy atom. The summed E-state index contributed by atoms with van der Waals surface area (Å²) in [7, 11) is 1.59. The number of pyridine rings is 1. The van der Waals surface area contributed by atoms with Gasteiger partial charge in [0.2, 0.25) is 5.91 Å². The van der Waals surface area contributed by atoms with Crippen LogP contribution in [0, 0.1) is 0 Å². The smallest absolute Gasteiger partial charge is 0.258 e. The summed E-state index contributed by atoms with van der Waals surface area (Å²) in [6.45, 7) is 3.08. The molecular weight excluding hydrogens is 282 g/mol. The fraction of sp³-hybridized carbons (Fsp3) is 0.375. The van der Waals surface area contributed by atoms with Gasteiger partial charge in [0.05, 0.1) is 7.11 Å². The largest absolute Gasteiger partial charge is 0.497 e. The maximum absolute atomic E-state index is 12.5. The molecule has 2 aromatic rings. The number of nitrogens with one attached hydrogen (secondary N) is 1. The summed E-state index contributed by atoms with van der Waals surface area (Å²) in [4.78, 5) is 26.6. The van der Waals surface area contributed by atoms with E-state index in [4.69, 9.17) is 4.74 Å². The van der Waals surface area contributed by atoms with Crippen molar-refractivity contribution in [2.24, 2.45) is 0 Å². The molecule has 0 aliphatic carbocycles. The number of carbonyl (C=O) groups excluding carboxylic acids is 1. The van der Waals surface area contributed by atoms with Crippen molar-refractivity contribution in [2.75, 3.05) is 33.3 Å². The molecule has 2 heterocycles. The molecule has 0 unspecified atom stereocenters. The molecule has 1 aliphatic heterocycles. The van der Waals surface area contributed by atoms with Gasteiger partial charge in [0.1, 0.15) is 12.3 Å². The Bertz CT molecular complexity index is 748. The lowest BCUT2D eigenvalue weighted by atomic mass is 10.1. The first-order chi connectivity index (χ1) is 10.7. The minimum absolute atomic E-state index is 0.0172. The van der Waals surface area contributed by atoms with Crippen molar-refractivity contribution in [2.45, 2.75) is 6.54 Å². The molecule has 0 radical (unpaired) electrons. The van der Waals surface area contributed by atoms with Crippen LogP contribution in [0.15, 0.2) is 35.3 Å². The van der Waals surface area contributed by atoms with Gasteiger partial charge in [-0.25, -0.2) is 0 Å². The molecule has 0 spiro atoms. The van der Waals surface area contributed by atoms with Crippen LogP contribution in [0.3, 0.4) is 0 Å². The van der Waals surface area contributed by atoms with Crippen LogP contribution in [0.4, 0.5) is 0 Å². The molecule has 1 aromatic carbocycles. The zero-order valence-corrected chi connectivity index (χ0v) is 12.5. The quantitative estimate of drug-likeness (QED) is 0.893. The summed E-state index contributed by atoms with van der Waals surface area (Å²) in [6, 6.07) is 7.15. The summed E-state index contributed by atoms with van der Waals surface area (Å²) < 4.78 is 6.63. The minimum Gasteiger partial charge on any atom is -0.497 e. The second kappa shape index (κ2) is 6.19. The number of rotatable bonds is 3. The molecule has 1 saturated heterocycles. The Morgan fingerprint density at radius 1 is 1.27 bits per heavy atom. The first kappa shape index (κ1) is 14.6. The van der Waals surface area contributed by atoms with Crippen molar-refractivity contribution in [3.05, 3.63) is 40.8 Å². The van der Waals surface area contributed by atoms with E-state index in [1.807, 2.05) is 12.1 Å². The monoisotopic (exact) mass is 301 g/mol. The molecule has 1 fully saturated rings. The lowest BCUT2D eigenvalue weighted by Crippen LogP contribution is -2.48. The number of aromatic nitrogens is 1. The third-order valence-electron chi connectivity index (χ3n) is 3.96. The van der Waals surface area contributed by atoms with Gasteiger partial charge >= 0.3 is 0 Å². The highest BCUT2D eigenvalue weighted by atomic mass is 16.5. The fourth-order valence-corrected chi connectivity index (χ4v) is 2.68. The molecule has 3 rings (SSSR count). The number of ether oxygens (including phenoxy) is 1. The van der Waals surface area contributed by atoms with Gasteiger partial charge in [-0.1, -0.05) is 0 Å². The van der Waals surface area contributed by atoms with E-state index in [9.17, 15) is 9.59 Å². The van der Waals surface area contributed by atoms with Crippen molar-refractivity contribution >= 4 is 16.7 Å². The van der Waals surface area contributed by atoms with Crippen molar-refractivity contribution in [3.8, 4) is 5.75 Å². The lowest BCUT2D eigenvalue weighted by Gasteiger charge is -2.27. The van der Waals surface area contributed by atoms with E-state index in [1.54, 1.807) is 30.3 Å². The van der Waals surface area contributed by atoms with Crippen LogP contribution in [0.2, 0.25) is 0 Å². The number of hydrogen-bond acceptors (Lipinski definition) is 4. The minimum atomic E-state index is -0.149. The van der Waals surface area contributed by atoms with Crippen LogP contribution in [0.1, 0.15) is 0 Å². The Morgan fingerprint density at radius 3 is 2.77 bits per heavy atom. The molecule has 22 heavy (non-hydrogen) atoms. The summed E-state index contributed by atoms with van der Waals surface area (Å²) in [5.74, 6) is 0.693. The predicted molar refractivity (Wildman–Crippen MR) is 84.2 cm³/mol. The van der Waals surface area contributed by atoms with Crippen LogP contribution < -0.4 is 15.6 Å². The number of benzene rings is 1. The van der Waals surface area contributed by atoms with E-state index in [0.29, 0.717) is 24.2 Å². The highest BCUT2D eigenvalue weighted by molar-refractivity contribution is 5.83. The molecule has 116 valence electrons. The van der Waals surface area contributed by atoms with Gasteiger partial charge in [0, 0.05) is 37.8 Å². The molecule has 1 amide bonds. The number of fused-ring (bicyclic) bond motifs is 1. The zero-order chi connectivity index (χ0) is 15.5. The molecule has 6 nitrogen and oxygen atoms in total. The third kappa shape index (κ3) is 2.82. The van der Waals surface area contributed by atoms with E-state index in [1.165, 1.54) is 4.57 Å². The van der Waals surface area contributed by atoms with Gasteiger partial charge < -0.3 is 19.5 Å². The SMILES string of the molecule is COc1ccc2c(=O)n(CC(=O)N3CCNCC3)ccc2c1. The summed E-state index contributed by atoms with van der Waals surface area (Å²) in [5.41, 5.74) is -0.149. The number of methoxy groups -OCH3 is 1. The van der Waals surface area contributed by atoms with Gasteiger partial charge in [-0.3, -0.25) is 9.59 Å². The van der Waals surface area contributed by atoms with Gasteiger partial charge in [-0.15, -0.1) is 0 Å². The number of hydrogen-bond donors (Lipinski definition) is 1. The molecule has 0 atom stereocenters. The molecule has 0 bridgehead atoms. The Labute approximate surface area is 128 Å². The maximum Gasteiger partial charge on any atom is 0.258 e. The standard InChI is InChI=1S/C16H19N3O3/c1-22-13-2-3-14-12(10-13)4-7-19(16(14)21)11-15(20)18-8-5-17-6-9-18/h2-4,7,10,17H,5-6,8-9,11H2,1H3. The van der Waals surface area contributed by atoms with Crippen LogP contribution in [0.25, 0.3) is 10.8 Å². The van der Waals surface area contributed by atoms with Crippen molar-refractivity contribution in [1.29, 1.82) is 0 Å². The van der Waals surface area contributed by atoms with Crippen molar-refractivity contribution in [1.82, 2.24) is 14.8 Å². The van der Waals surface area contributed by atoms with Gasteiger partial charge in [0.25, 0.3) is 5.56 Å². The van der Waals surface area contributed by atoms with Crippen molar-refractivity contribution in [3.63, 3.8) is 0 Å². The van der Waals surface area contributed by atoms with Crippen LogP contribution in [0.5, 0.6) is 5.75 Å². The second-order valence-electron chi connectivity index (χ2n) is 5.33. The average Bonchev–Trinajstić information content (AvgIpc) is 2.57. The van der Waals surface area contributed by atoms with Gasteiger partial charge in [-0.2, -0.15) is 0 Å². The highest BCUT2D eigenvalue weighted by Gasteiger charge is 2.17. The Balaban J connectivity index is 1.86. The van der Waals surface area contributed by atoms with E-state index in [2.05, 4.69) is 5.32 Å². The fourth-order valence-electron chi connectivity index (χ4n) is 2.68. The highest BCUT2D eigenvalue weighted by Crippen LogP contribution is 2.17. The van der Waals surface area contributed by atoms with E-state index in [-0.39, 0.29) is 18.0 Å². The maximum atomic E-state index is 12.5. The predicted octanol–water partition coefficient (Wildman–Crippen LogP) is 0.442. The van der Waals surface area contributed by atoms with E-state index < -0.39 is 0 Å². The van der Waals surface area contributed by atoms with Gasteiger partial charge in [0.15, 0.2) is 0 Å². The Hall–Kier alpha value is -2.34. The molecule has 1 aliphatic rings. The van der Waals surface area contributed by atoms with E-state index in [0.717, 1.165) is 18.5 Å². The summed E-state index contributed by atoms with van der Waals surface area (Å²) >= 11 is 0. The number of amides is 1. The second-order valence-corrected chi connectivity index (χ2v) is 5.33. The number of nitrogens with zero attached hydrogens (tertiary/aromatic N) is 2. The third-order valence-corrected chi connectivity index (χ3v) is 3.96. The van der Waals surface area contributed by atoms with E-state index >= 15 is 0 Å². The molecule has 1 N–H and O–H groups in total. The average molecular weight is 301 g/mol. The van der Waals surface area contributed by atoms with Crippen LogP contribution >= 0.6 is 0 Å². The van der Waals surface area contributed by atoms with Crippen LogP contribution in [-0.2, 0) is 11.3 Å². The topological polar surface area (TPSA) is 63.6 Å². The Kier molecular flexibility index (Phi) is 4.11. The summed E-state index contributed by atoms with van der Waals surface area (Å²) in [5, 5.41) is 4.61. The lowest BCUT2D eigenvalue weighted by molar-refractivity contribution is -0.132. The first-order valence-electron chi connectivity index (χ1n) is 7.35. The number of piperazine rings is 1. The normalized spacial score (nSPS) is 15.0. The first-order valence-corrected chi connectivity index (χ1v) is 7.35. The summed E-state index contributed by atoms with van der Waals surface area (Å²) in [6.07, 6.45) is 1.67. The molecular formula is C16H19N3O3. The molecule has 6 heteroatoms. The molecule has 1 aromatic heterocycles. The molecule has 0 saturated carbocycles. The zero-order valence-electron chi connectivity index (χ0n) is 12.5. The van der Waals surface area contributed by atoms with Crippen molar-refractivity contribution < 1.29 is 9.53 Å². The van der Waals surface area contributed by atoms with Crippen LogP contribution in [-0.4, -0.2) is 48.7 Å².